The van der Waals surface area contributed by atoms with Crippen molar-refractivity contribution in [3.05, 3.63) is 16.1 Å². The number of thiazole rings is 1. The topological polar surface area (TPSA) is 16.1 Å². The lowest BCUT2D eigenvalue weighted by Crippen LogP contribution is -2.20. The van der Waals surface area contributed by atoms with Crippen LogP contribution < -0.4 is 0 Å². The molecule has 0 aliphatic heterocycles. The standard InChI is InChI=1S/C13H23ClN2S/c1-3-4-8-16(2)9-6-5-7-13-15-12(10-14)11-17-13/h11H,3-10H2,1-2H3. The summed E-state index contributed by atoms with van der Waals surface area (Å²) in [6.07, 6.45) is 6.18. The van der Waals surface area contributed by atoms with Gasteiger partial charge >= 0.3 is 0 Å². The fourth-order valence-electron chi connectivity index (χ4n) is 1.72. The summed E-state index contributed by atoms with van der Waals surface area (Å²) in [5.74, 6) is 0.538. The van der Waals surface area contributed by atoms with Crippen LogP contribution in [0, 0.1) is 0 Å². The number of nitrogens with zero attached hydrogens (tertiary/aromatic N) is 2. The molecule has 98 valence electrons. The molecule has 0 aromatic carbocycles. The van der Waals surface area contributed by atoms with E-state index >= 15 is 0 Å². The van der Waals surface area contributed by atoms with Crippen LogP contribution in [0.1, 0.15) is 43.3 Å². The van der Waals surface area contributed by atoms with Crippen molar-refractivity contribution in [1.82, 2.24) is 9.88 Å². The highest BCUT2D eigenvalue weighted by atomic mass is 35.5. The van der Waals surface area contributed by atoms with Gasteiger partial charge in [0.15, 0.2) is 0 Å². The Bertz CT molecular complexity index is 301. The molecule has 1 aromatic heterocycles. The van der Waals surface area contributed by atoms with Crippen molar-refractivity contribution in [1.29, 1.82) is 0 Å². The van der Waals surface area contributed by atoms with Crippen LogP contribution in [0.4, 0.5) is 0 Å². The monoisotopic (exact) mass is 274 g/mol. The van der Waals surface area contributed by atoms with E-state index in [9.17, 15) is 0 Å². The maximum absolute atomic E-state index is 5.73. The van der Waals surface area contributed by atoms with Gasteiger partial charge in [-0.3, -0.25) is 0 Å². The summed E-state index contributed by atoms with van der Waals surface area (Å²) < 4.78 is 0. The highest BCUT2D eigenvalue weighted by Gasteiger charge is 2.02. The van der Waals surface area contributed by atoms with Gasteiger partial charge in [-0.25, -0.2) is 4.98 Å². The number of hydrogen-bond acceptors (Lipinski definition) is 3. The Hall–Kier alpha value is -0.120. The van der Waals surface area contributed by atoms with E-state index in [0.717, 1.165) is 12.1 Å². The van der Waals surface area contributed by atoms with Crippen LogP contribution in [0.3, 0.4) is 0 Å². The Labute approximate surface area is 114 Å². The SMILES string of the molecule is CCCCN(C)CCCCc1nc(CCl)cs1. The van der Waals surface area contributed by atoms with Crippen molar-refractivity contribution in [2.45, 2.75) is 44.9 Å². The molecule has 0 N–H and O–H groups in total. The van der Waals surface area contributed by atoms with Gasteiger partial charge in [-0.05, 0) is 45.8 Å². The van der Waals surface area contributed by atoms with Gasteiger partial charge in [-0.1, -0.05) is 13.3 Å². The fourth-order valence-corrected chi connectivity index (χ4v) is 2.79. The van der Waals surface area contributed by atoms with Crippen molar-refractivity contribution in [3.8, 4) is 0 Å². The molecule has 0 aliphatic rings. The highest BCUT2D eigenvalue weighted by Crippen LogP contribution is 2.14. The molecule has 4 heteroatoms. The maximum Gasteiger partial charge on any atom is 0.0928 e. The third-order valence-corrected chi connectivity index (χ3v) is 4.04. The number of aryl methyl sites for hydroxylation is 1. The van der Waals surface area contributed by atoms with Gasteiger partial charge in [0.1, 0.15) is 0 Å². The quantitative estimate of drug-likeness (QED) is 0.501. The zero-order valence-electron chi connectivity index (χ0n) is 10.9. The Balaban J connectivity index is 2.07. The molecule has 0 saturated carbocycles. The van der Waals surface area contributed by atoms with Crippen LogP contribution in [0.25, 0.3) is 0 Å². The molecule has 2 nitrogen and oxygen atoms in total. The predicted octanol–water partition coefficient (Wildman–Crippen LogP) is 3.94. The van der Waals surface area contributed by atoms with Crippen LogP contribution in [0.15, 0.2) is 5.38 Å². The van der Waals surface area contributed by atoms with Crippen molar-refractivity contribution in [2.75, 3.05) is 20.1 Å². The second-order valence-corrected chi connectivity index (χ2v) is 5.69. The molecule has 0 bridgehead atoms. The molecular formula is C13H23ClN2S. The fraction of sp³-hybridized carbons (Fsp3) is 0.769. The number of alkyl halides is 1. The average Bonchev–Trinajstić information content (AvgIpc) is 2.80. The molecule has 0 unspecified atom stereocenters. The normalized spacial score (nSPS) is 11.3. The molecule has 0 amide bonds. The van der Waals surface area contributed by atoms with Crippen molar-refractivity contribution in [3.63, 3.8) is 0 Å². The molecule has 1 aromatic rings. The van der Waals surface area contributed by atoms with Gasteiger partial charge < -0.3 is 4.90 Å². The van der Waals surface area contributed by atoms with Gasteiger partial charge in [-0.2, -0.15) is 0 Å². The van der Waals surface area contributed by atoms with E-state index in [1.807, 2.05) is 0 Å². The van der Waals surface area contributed by atoms with Crippen LogP contribution in [-0.4, -0.2) is 30.0 Å². The lowest BCUT2D eigenvalue weighted by molar-refractivity contribution is 0.320. The van der Waals surface area contributed by atoms with Gasteiger partial charge in [0.2, 0.25) is 0 Å². The Morgan fingerprint density at radius 1 is 1.29 bits per heavy atom. The van der Waals surface area contributed by atoms with Gasteiger partial charge in [0.25, 0.3) is 0 Å². The largest absolute Gasteiger partial charge is 0.306 e. The summed E-state index contributed by atoms with van der Waals surface area (Å²) in [5, 5.41) is 3.30. The van der Waals surface area contributed by atoms with E-state index < -0.39 is 0 Å². The van der Waals surface area contributed by atoms with E-state index in [0.29, 0.717) is 5.88 Å². The van der Waals surface area contributed by atoms with Crippen LogP contribution in [0.2, 0.25) is 0 Å². The number of aromatic nitrogens is 1. The summed E-state index contributed by atoms with van der Waals surface area (Å²) >= 11 is 7.47. The molecule has 1 heterocycles. The third-order valence-electron chi connectivity index (χ3n) is 2.81. The van der Waals surface area contributed by atoms with E-state index in [2.05, 4.69) is 29.2 Å². The summed E-state index contributed by atoms with van der Waals surface area (Å²) in [6.45, 7) is 4.67. The molecular weight excluding hydrogens is 252 g/mol. The maximum atomic E-state index is 5.73. The first-order valence-corrected chi connectivity index (χ1v) is 7.85. The van der Waals surface area contributed by atoms with Gasteiger partial charge in [-0.15, -0.1) is 22.9 Å². The second-order valence-electron chi connectivity index (χ2n) is 4.48. The molecule has 0 fully saturated rings. The van der Waals surface area contributed by atoms with Crippen LogP contribution in [-0.2, 0) is 12.3 Å². The zero-order chi connectivity index (χ0) is 12.5. The van der Waals surface area contributed by atoms with E-state index in [-0.39, 0.29) is 0 Å². The minimum atomic E-state index is 0.538. The summed E-state index contributed by atoms with van der Waals surface area (Å²) in [5.41, 5.74) is 1.02. The average molecular weight is 275 g/mol. The first-order valence-electron chi connectivity index (χ1n) is 6.44. The smallest absolute Gasteiger partial charge is 0.0928 e. The van der Waals surface area contributed by atoms with E-state index in [4.69, 9.17) is 11.6 Å². The van der Waals surface area contributed by atoms with Crippen molar-refractivity contribution in [2.24, 2.45) is 0 Å². The molecule has 0 radical (unpaired) electrons. The van der Waals surface area contributed by atoms with E-state index in [1.54, 1.807) is 11.3 Å². The van der Waals surface area contributed by atoms with Gasteiger partial charge in [0.05, 0.1) is 16.6 Å². The summed E-state index contributed by atoms with van der Waals surface area (Å²) in [6, 6.07) is 0. The van der Waals surface area contributed by atoms with E-state index in [1.165, 1.54) is 43.8 Å². The molecule has 0 atom stereocenters. The number of hydrogen-bond donors (Lipinski definition) is 0. The molecule has 17 heavy (non-hydrogen) atoms. The summed E-state index contributed by atoms with van der Waals surface area (Å²) in [7, 11) is 2.21. The first kappa shape index (κ1) is 14.9. The molecule has 0 saturated heterocycles. The Kier molecular flexibility index (Phi) is 7.82. The zero-order valence-corrected chi connectivity index (χ0v) is 12.5. The summed E-state index contributed by atoms with van der Waals surface area (Å²) in [4.78, 5) is 6.89. The lowest BCUT2D eigenvalue weighted by Gasteiger charge is -2.15. The van der Waals surface area contributed by atoms with Gasteiger partial charge in [0, 0.05) is 5.38 Å². The second kappa shape index (κ2) is 8.90. The van der Waals surface area contributed by atoms with Crippen LogP contribution in [0.5, 0.6) is 0 Å². The minimum Gasteiger partial charge on any atom is -0.306 e. The molecule has 1 rings (SSSR count). The Morgan fingerprint density at radius 3 is 2.71 bits per heavy atom. The predicted molar refractivity (Wildman–Crippen MR) is 77.0 cm³/mol. The number of rotatable bonds is 9. The lowest BCUT2D eigenvalue weighted by atomic mass is 10.2. The Morgan fingerprint density at radius 2 is 2.06 bits per heavy atom. The third kappa shape index (κ3) is 6.39. The molecule has 0 aliphatic carbocycles. The number of unbranched alkanes of at least 4 members (excludes halogenated alkanes) is 2. The minimum absolute atomic E-state index is 0.538. The number of halogens is 1. The highest BCUT2D eigenvalue weighted by molar-refractivity contribution is 7.09. The van der Waals surface area contributed by atoms with Crippen LogP contribution >= 0.6 is 22.9 Å². The van der Waals surface area contributed by atoms with Crippen molar-refractivity contribution >= 4 is 22.9 Å². The van der Waals surface area contributed by atoms with Crippen molar-refractivity contribution < 1.29 is 0 Å². The molecule has 0 spiro atoms. The first-order chi connectivity index (χ1) is 8.26.